The predicted octanol–water partition coefficient (Wildman–Crippen LogP) is 1.32. The van der Waals surface area contributed by atoms with E-state index in [1.807, 2.05) is 36.2 Å². The number of hydrogen-bond acceptors (Lipinski definition) is 4. The molecule has 0 spiro atoms. The molecule has 2 saturated heterocycles. The predicted molar refractivity (Wildman–Crippen MR) is 91.8 cm³/mol. The van der Waals surface area contributed by atoms with Crippen molar-refractivity contribution >= 4 is 17.6 Å². The van der Waals surface area contributed by atoms with Crippen molar-refractivity contribution in [1.82, 2.24) is 24.6 Å². The minimum atomic E-state index is -0.122. The summed E-state index contributed by atoms with van der Waals surface area (Å²) in [5, 5.41) is 7.18. The van der Waals surface area contributed by atoms with Crippen molar-refractivity contribution in [2.75, 3.05) is 25.0 Å². The molecule has 3 amide bonds. The van der Waals surface area contributed by atoms with Crippen LogP contribution in [0.2, 0.25) is 0 Å². The number of fused-ring (bicyclic) bond motifs is 1. The summed E-state index contributed by atoms with van der Waals surface area (Å²) in [6, 6.07) is 7.52. The molecule has 4 rings (SSSR count). The molecule has 1 unspecified atom stereocenters. The van der Waals surface area contributed by atoms with Gasteiger partial charge in [0.1, 0.15) is 6.33 Å². The average molecular weight is 340 g/mol. The highest BCUT2D eigenvalue weighted by molar-refractivity contribution is 5.90. The van der Waals surface area contributed by atoms with Gasteiger partial charge in [-0.15, -0.1) is 0 Å². The van der Waals surface area contributed by atoms with Crippen molar-refractivity contribution in [3.8, 4) is 11.4 Å². The van der Waals surface area contributed by atoms with E-state index in [2.05, 4.69) is 15.4 Å². The highest BCUT2D eigenvalue weighted by Crippen LogP contribution is 2.23. The highest BCUT2D eigenvalue weighted by atomic mass is 16.2. The van der Waals surface area contributed by atoms with Gasteiger partial charge >= 0.3 is 6.03 Å². The Kier molecular flexibility index (Phi) is 3.87. The fraction of sp³-hybridized carbons (Fsp3) is 0.412. The number of amides is 3. The van der Waals surface area contributed by atoms with Gasteiger partial charge in [0.2, 0.25) is 5.91 Å². The molecule has 8 nitrogen and oxygen atoms in total. The summed E-state index contributed by atoms with van der Waals surface area (Å²) in [5.74, 6) is 0.867. The first-order chi connectivity index (χ1) is 12.1. The lowest BCUT2D eigenvalue weighted by Crippen LogP contribution is -2.54. The van der Waals surface area contributed by atoms with Gasteiger partial charge in [0.15, 0.2) is 5.82 Å². The number of carbonyl (C=O) groups is 2. The number of hydrogen-bond donors (Lipinski definition) is 1. The number of aryl methyl sites for hydroxylation is 1. The molecule has 25 heavy (non-hydrogen) atoms. The molecule has 1 aromatic carbocycles. The second kappa shape index (κ2) is 6.19. The SMILES string of the molecule is Cn1cnc(-c2ccc(NC(=O)N3CCN4C(=O)CCC4C3)cc2)n1. The molecular formula is C17H20N6O2. The van der Waals surface area contributed by atoms with Crippen molar-refractivity contribution in [2.45, 2.75) is 18.9 Å². The van der Waals surface area contributed by atoms with Crippen LogP contribution in [-0.2, 0) is 11.8 Å². The van der Waals surface area contributed by atoms with Crippen molar-refractivity contribution in [1.29, 1.82) is 0 Å². The highest BCUT2D eigenvalue weighted by Gasteiger charge is 2.36. The van der Waals surface area contributed by atoms with E-state index in [-0.39, 0.29) is 18.0 Å². The van der Waals surface area contributed by atoms with Crippen LogP contribution in [0.1, 0.15) is 12.8 Å². The van der Waals surface area contributed by atoms with Gasteiger partial charge in [0, 0.05) is 50.4 Å². The van der Waals surface area contributed by atoms with Crippen LogP contribution in [0.25, 0.3) is 11.4 Å². The average Bonchev–Trinajstić information content (AvgIpc) is 3.21. The van der Waals surface area contributed by atoms with E-state index in [1.54, 1.807) is 15.9 Å². The number of aromatic nitrogens is 3. The van der Waals surface area contributed by atoms with Crippen molar-refractivity contribution in [3.05, 3.63) is 30.6 Å². The van der Waals surface area contributed by atoms with Crippen LogP contribution >= 0.6 is 0 Å². The third kappa shape index (κ3) is 3.07. The molecule has 130 valence electrons. The molecule has 0 aliphatic carbocycles. The van der Waals surface area contributed by atoms with E-state index in [9.17, 15) is 9.59 Å². The third-order valence-corrected chi connectivity index (χ3v) is 4.78. The van der Waals surface area contributed by atoms with Crippen LogP contribution < -0.4 is 5.32 Å². The minimum Gasteiger partial charge on any atom is -0.336 e. The van der Waals surface area contributed by atoms with Gasteiger partial charge in [0.05, 0.1) is 0 Å². The molecule has 2 aliphatic rings. The van der Waals surface area contributed by atoms with E-state index >= 15 is 0 Å². The Bertz CT molecular complexity index is 800. The maximum atomic E-state index is 12.5. The summed E-state index contributed by atoms with van der Waals surface area (Å²) in [6.45, 7) is 1.80. The fourth-order valence-corrected chi connectivity index (χ4v) is 3.43. The zero-order chi connectivity index (χ0) is 17.4. The third-order valence-electron chi connectivity index (χ3n) is 4.78. The second-order valence-electron chi connectivity index (χ2n) is 6.47. The van der Waals surface area contributed by atoms with E-state index in [4.69, 9.17) is 0 Å². The molecule has 0 bridgehead atoms. The number of nitrogens with one attached hydrogen (secondary N) is 1. The zero-order valence-corrected chi connectivity index (χ0v) is 14.1. The lowest BCUT2D eigenvalue weighted by Gasteiger charge is -2.37. The summed E-state index contributed by atoms with van der Waals surface area (Å²) in [5.41, 5.74) is 1.63. The Morgan fingerprint density at radius 2 is 2.04 bits per heavy atom. The summed E-state index contributed by atoms with van der Waals surface area (Å²) in [6.07, 6.45) is 3.09. The first-order valence-electron chi connectivity index (χ1n) is 8.41. The second-order valence-corrected chi connectivity index (χ2v) is 6.47. The number of benzene rings is 1. The van der Waals surface area contributed by atoms with Gasteiger partial charge in [-0.05, 0) is 30.7 Å². The van der Waals surface area contributed by atoms with Gasteiger partial charge in [0.25, 0.3) is 0 Å². The van der Waals surface area contributed by atoms with Gasteiger partial charge in [-0.2, -0.15) is 5.10 Å². The first-order valence-corrected chi connectivity index (χ1v) is 8.41. The Hall–Kier alpha value is -2.90. The topological polar surface area (TPSA) is 83.4 Å². The Balaban J connectivity index is 1.39. The van der Waals surface area contributed by atoms with Gasteiger partial charge in [-0.25, -0.2) is 9.78 Å². The summed E-state index contributed by atoms with van der Waals surface area (Å²) < 4.78 is 1.65. The molecule has 2 fully saturated rings. The van der Waals surface area contributed by atoms with Crippen molar-refractivity contribution in [2.24, 2.45) is 7.05 Å². The van der Waals surface area contributed by atoms with Crippen molar-refractivity contribution in [3.63, 3.8) is 0 Å². The lowest BCUT2D eigenvalue weighted by atomic mass is 10.1. The number of carbonyl (C=O) groups excluding carboxylic acids is 2. The lowest BCUT2D eigenvalue weighted by molar-refractivity contribution is -0.130. The van der Waals surface area contributed by atoms with Crippen LogP contribution in [-0.4, -0.2) is 62.2 Å². The summed E-state index contributed by atoms with van der Waals surface area (Å²) in [4.78, 5) is 32.1. The molecule has 8 heteroatoms. The molecule has 1 atom stereocenters. The van der Waals surface area contributed by atoms with Crippen LogP contribution in [0, 0.1) is 0 Å². The molecule has 2 aliphatic heterocycles. The molecule has 1 aromatic heterocycles. The van der Waals surface area contributed by atoms with E-state index < -0.39 is 0 Å². The number of piperazine rings is 1. The largest absolute Gasteiger partial charge is 0.336 e. The number of urea groups is 1. The Labute approximate surface area is 145 Å². The van der Waals surface area contributed by atoms with E-state index in [1.165, 1.54) is 0 Å². The Morgan fingerprint density at radius 1 is 1.24 bits per heavy atom. The molecule has 0 radical (unpaired) electrons. The molecule has 1 N–H and O–H groups in total. The van der Waals surface area contributed by atoms with E-state index in [0.29, 0.717) is 31.9 Å². The first kappa shape index (κ1) is 15.6. The van der Waals surface area contributed by atoms with Gasteiger partial charge in [-0.3, -0.25) is 9.48 Å². The molecular weight excluding hydrogens is 320 g/mol. The van der Waals surface area contributed by atoms with E-state index in [0.717, 1.165) is 17.7 Å². The normalized spacial score (nSPS) is 19.9. The smallest absolute Gasteiger partial charge is 0.321 e. The number of nitrogens with zero attached hydrogens (tertiary/aromatic N) is 5. The van der Waals surface area contributed by atoms with Crippen LogP contribution in [0.4, 0.5) is 10.5 Å². The fourth-order valence-electron chi connectivity index (χ4n) is 3.43. The number of rotatable bonds is 2. The van der Waals surface area contributed by atoms with Gasteiger partial charge in [-0.1, -0.05) is 0 Å². The molecule has 0 saturated carbocycles. The minimum absolute atomic E-state index is 0.122. The monoisotopic (exact) mass is 340 g/mol. The van der Waals surface area contributed by atoms with Gasteiger partial charge < -0.3 is 15.1 Å². The Morgan fingerprint density at radius 3 is 2.76 bits per heavy atom. The van der Waals surface area contributed by atoms with Crippen LogP contribution in [0.15, 0.2) is 30.6 Å². The summed E-state index contributed by atoms with van der Waals surface area (Å²) >= 11 is 0. The maximum Gasteiger partial charge on any atom is 0.321 e. The van der Waals surface area contributed by atoms with Crippen LogP contribution in [0.5, 0.6) is 0 Å². The summed E-state index contributed by atoms with van der Waals surface area (Å²) in [7, 11) is 1.82. The standard InChI is InChI=1S/C17H20N6O2/c1-21-11-18-16(20-21)12-2-4-13(5-3-12)19-17(25)22-8-9-23-14(10-22)6-7-15(23)24/h2-5,11,14H,6-10H2,1H3,(H,19,25). The quantitative estimate of drug-likeness (QED) is 0.894. The zero-order valence-electron chi connectivity index (χ0n) is 14.1. The van der Waals surface area contributed by atoms with Crippen LogP contribution in [0.3, 0.4) is 0 Å². The van der Waals surface area contributed by atoms with Crippen molar-refractivity contribution < 1.29 is 9.59 Å². The molecule has 3 heterocycles. The maximum absolute atomic E-state index is 12.5. The molecule has 2 aromatic rings. The number of anilines is 1.